The van der Waals surface area contributed by atoms with Crippen molar-refractivity contribution in [2.75, 3.05) is 13.7 Å². The molecule has 4 heteroatoms. The largest absolute Gasteiger partial charge is 0.496 e. The van der Waals surface area contributed by atoms with Gasteiger partial charge in [-0.2, -0.15) is 5.10 Å². The fourth-order valence-electron chi connectivity index (χ4n) is 2.31. The molecule has 108 valence electrons. The second-order valence-corrected chi connectivity index (χ2v) is 4.94. The number of benzene rings is 1. The van der Waals surface area contributed by atoms with Crippen molar-refractivity contribution in [3.8, 4) is 5.75 Å². The van der Waals surface area contributed by atoms with Crippen molar-refractivity contribution in [1.82, 2.24) is 15.1 Å². The predicted octanol–water partition coefficient (Wildman–Crippen LogP) is 2.71. The van der Waals surface area contributed by atoms with Crippen LogP contribution in [0.5, 0.6) is 5.75 Å². The molecule has 0 radical (unpaired) electrons. The van der Waals surface area contributed by atoms with Gasteiger partial charge >= 0.3 is 0 Å². The molecule has 0 aliphatic heterocycles. The van der Waals surface area contributed by atoms with Crippen LogP contribution in [0, 0.1) is 0 Å². The molecule has 4 nitrogen and oxygen atoms in total. The van der Waals surface area contributed by atoms with Crippen LogP contribution >= 0.6 is 0 Å². The Labute approximate surface area is 120 Å². The summed E-state index contributed by atoms with van der Waals surface area (Å²) in [5, 5.41) is 8.10. The second kappa shape index (κ2) is 7.10. The van der Waals surface area contributed by atoms with E-state index in [9.17, 15) is 0 Å². The van der Waals surface area contributed by atoms with E-state index in [1.807, 2.05) is 36.1 Å². The number of aryl methyl sites for hydroxylation is 1. The molecule has 0 spiro atoms. The maximum Gasteiger partial charge on any atom is 0.122 e. The summed E-state index contributed by atoms with van der Waals surface area (Å²) >= 11 is 0. The third kappa shape index (κ3) is 3.61. The Morgan fingerprint density at radius 3 is 2.75 bits per heavy atom. The van der Waals surface area contributed by atoms with Gasteiger partial charge in [-0.1, -0.05) is 25.1 Å². The predicted molar refractivity (Wildman–Crippen MR) is 80.9 cm³/mol. The maximum atomic E-state index is 5.44. The molecule has 1 aromatic heterocycles. The molecule has 0 aliphatic carbocycles. The van der Waals surface area contributed by atoms with E-state index < -0.39 is 0 Å². The van der Waals surface area contributed by atoms with Gasteiger partial charge in [-0.15, -0.1) is 0 Å². The Hall–Kier alpha value is -1.81. The lowest BCUT2D eigenvalue weighted by atomic mass is 10.0. The average Bonchev–Trinajstić information content (AvgIpc) is 2.90. The van der Waals surface area contributed by atoms with E-state index in [-0.39, 0.29) is 6.04 Å². The quantitative estimate of drug-likeness (QED) is 0.843. The molecular weight excluding hydrogens is 250 g/mol. The van der Waals surface area contributed by atoms with Crippen molar-refractivity contribution in [3.05, 3.63) is 47.8 Å². The first-order valence-electron chi connectivity index (χ1n) is 7.09. The summed E-state index contributed by atoms with van der Waals surface area (Å²) in [5.41, 5.74) is 2.28. The van der Waals surface area contributed by atoms with Gasteiger partial charge in [0, 0.05) is 13.2 Å². The van der Waals surface area contributed by atoms with Crippen LogP contribution < -0.4 is 10.1 Å². The number of hydrogen-bond acceptors (Lipinski definition) is 3. The number of para-hydroxylation sites is 1. The average molecular weight is 273 g/mol. The first kappa shape index (κ1) is 14.6. The van der Waals surface area contributed by atoms with Gasteiger partial charge in [0.2, 0.25) is 0 Å². The molecule has 1 aromatic carbocycles. The van der Waals surface area contributed by atoms with Crippen LogP contribution in [0.4, 0.5) is 0 Å². The van der Waals surface area contributed by atoms with E-state index in [2.05, 4.69) is 29.5 Å². The lowest BCUT2D eigenvalue weighted by molar-refractivity contribution is 0.404. The maximum absolute atomic E-state index is 5.44. The molecule has 0 amide bonds. The second-order valence-electron chi connectivity index (χ2n) is 4.94. The van der Waals surface area contributed by atoms with Crippen molar-refractivity contribution in [2.45, 2.75) is 25.8 Å². The summed E-state index contributed by atoms with van der Waals surface area (Å²) in [7, 11) is 3.66. The number of nitrogens with one attached hydrogen (secondary N) is 1. The van der Waals surface area contributed by atoms with Gasteiger partial charge in [0.25, 0.3) is 0 Å². The van der Waals surface area contributed by atoms with E-state index in [0.717, 1.165) is 30.8 Å². The fraction of sp³-hybridized carbons (Fsp3) is 0.438. The Balaban J connectivity index is 2.19. The summed E-state index contributed by atoms with van der Waals surface area (Å²) in [6, 6.07) is 10.5. The van der Waals surface area contributed by atoms with Crippen molar-refractivity contribution in [1.29, 1.82) is 0 Å². The first-order valence-corrected chi connectivity index (χ1v) is 7.09. The monoisotopic (exact) mass is 273 g/mol. The number of ether oxygens (including phenoxy) is 1. The zero-order chi connectivity index (χ0) is 14.4. The van der Waals surface area contributed by atoms with Crippen LogP contribution in [-0.4, -0.2) is 23.4 Å². The van der Waals surface area contributed by atoms with Crippen molar-refractivity contribution >= 4 is 0 Å². The zero-order valence-electron chi connectivity index (χ0n) is 12.5. The molecule has 20 heavy (non-hydrogen) atoms. The minimum atomic E-state index is 0.215. The smallest absolute Gasteiger partial charge is 0.122 e. The summed E-state index contributed by atoms with van der Waals surface area (Å²) in [6.45, 7) is 3.15. The van der Waals surface area contributed by atoms with Gasteiger partial charge in [-0.25, -0.2) is 0 Å². The van der Waals surface area contributed by atoms with Crippen molar-refractivity contribution < 1.29 is 4.74 Å². The normalized spacial score (nSPS) is 12.3. The van der Waals surface area contributed by atoms with Crippen LogP contribution in [-0.2, 0) is 13.5 Å². The lowest BCUT2D eigenvalue weighted by Gasteiger charge is -2.18. The summed E-state index contributed by atoms with van der Waals surface area (Å²) in [4.78, 5) is 0. The molecule has 1 heterocycles. The molecule has 2 aromatic rings. The third-order valence-electron chi connectivity index (χ3n) is 3.35. The summed E-state index contributed by atoms with van der Waals surface area (Å²) in [6.07, 6.45) is 3.97. The van der Waals surface area contributed by atoms with Crippen LogP contribution in [0.1, 0.15) is 30.6 Å². The summed E-state index contributed by atoms with van der Waals surface area (Å²) in [5.74, 6) is 0.937. The van der Waals surface area contributed by atoms with Crippen molar-refractivity contribution in [2.24, 2.45) is 7.05 Å². The van der Waals surface area contributed by atoms with Crippen LogP contribution in [0.2, 0.25) is 0 Å². The molecule has 0 bridgehead atoms. The van der Waals surface area contributed by atoms with Gasteiger partial charge in [0.1, 0.15) is 5.75 Å². The fourth-order valence-corrected chi connectivity index (χ4v) is 2.31. The number of hydrogen-bond donors (Lipinski definition) is 1. The SMILES string of the molecule is CCCNC(Cc1ccccc1OC)c1ccn(C)n1. The van der Waals surface area contributed by atoms with Gasteiger partial charge in [0.05, 0.1) is 18.8 Å². The molecule has 1 unspecified atom stereocenters. The highest BCUT2D eigenvalue weighted by Gasteiger charge is 2.16. The minimum absolute atomic E-state index is 0.215. The molecule has 0 saturated heterocycles. The van der Waals surface area contributed by atoms with E-state index in [0.29, 0.717) is 0 Å². The topological polar surface area (TPSA) is 39.1 Å². The molecule has 2 rings (SSSR count). The number of nitrogens with zero attached hydrogens (tertiary/aromatic N) is 2. The highest BCUT2D eigenvalue weighted by atomic mass is 16.5. The van der Waals surface area contributed by atoms with E-state index in [4.69, 9.17) is 4.74 Å². The lowest BCUT2D eigenvalue weighted by Crippen LogP contribution is -2.24. The molecule has 1 atom stereocenters. The summed E-state index contributed by atoms with van der Waals surface area (Å²) < 4.78 is 7.28. The third-order valence-corrected chi connectivity index (χ3v) is 3.35. The van der Waals surface area contributed by atoms with E-state index >= 15 is 0 Å². The number of aromatic nitrogens is 2. The van der Waals surface area contributed by atoms with Crippen LogP contribution in [0.3, 0.4) is 0 Å². The molecule has 0 fully saturated rings. The Morgan fingerprint density at radius 2 is 2.10 bits per heavy atom. The van der Waals surface area contributed by atoms with E-state index in [1.54, 1.807) is 7.11 Å². The minimum Gasteiger partial charge on any atom is -0.496 e. The highest BCUT2D eigenvalue weighted by molar-refractivity contribution is 5.34. The Kier molecular flexibility index (Phi) is 5.18. The number of rotatable bonds is 7. The van der Waals surface area contributed by atoms with Gasteiger partial charge < -0.3 is 10.1 Å². The Morgan fingerprint density at radius 1 is 1.30 bits per heavy atom. The standard InChI is InChI=1S/C16H23N3O/c1-4-10-17-15(14-9-11-19(2)18-14)12-13-7-5-6-8-16(13)20-3/h5-9,11,15,17H,4,10,12H2,1-3H3. The molecular formula is C16H23N3O. The number of methoxy groups -OCH3 is 1. The van der Waals surface area contributed by atoms with Crippen molar-refractivity contribution in [3.63, 3.8) is 0 Å². The van der Waals surface area contributed by atoms with Gasteiger partial charge in [-0.3, -0.25) is 4.68 Å². The first-order chi connectivity index (χ1) is 9.74. The van der Waals surface area contributed by atoms with E-state index in [1.165, 1.54) is 5.56 Å². The Bertz CT molecular complexity index is 536. The van der Waals surface area contributed by atoms with Gasteiger partial charge in [-0.05, 0) is 37.1 Å². The van der Waals surface area contributed by atoms with Gasteiger partial charge in [0.15, 0.2) is 0 Å². The molecule has 0 saturated carbocycles. The zero-order valence-corrected chi connectivity index (χ0v) is 12.5. The molecule has 1 N–H and O–H groups in total. The highest BCUT2D eigenvalue weighted by Crippen LogP contribution is 2.24. The van der Waals surface area contributed by atoms with Crippen LogP contribution in [0.15, 0.2) is 36.5 Å². The van der Waals surface area contributed by atoms with Crippen LogP contribution in [0.25, 0.3) is 0 Å². The molecule has 0 aliphatic rings.